The lowest BCUT2D eigenvalue weighted by atomic mass is 10.3. The Morgan fingerprint density at radius 1 is 1.33 bits per heavy atom. The average molecular weight is 244 g/mol. The molecule has 1 aromatic heterocycles. The molecule has 0 spiro atoms. The molecule has 2 aromatic rings. The maximum Gasteiger partial charge on any atom is 0.244 e. The van der Waals surface area contributed by atoms with Crippen molar-refractivity contribution in [1.82, 2.24) is 9.78 Å². The van der Waals surface area contributed by atoms with Gasteiger partial charge in [-0.15, -0.1) is 0 Å². The van der Waals surface area contributed by atoms with E-state index in [9.17, 15) is 4.79 Å². The van der Waals surface area contributed by atoms with Gasteiger partial charge in [-0.25, -0.2) is 0 Å². The van der Waals surface area contributed by atoms with E-state index in [2.05, 4.69) is 15.7 Å². The zero-order valence-electron chi connectivity index (χ0n) is 10.5. The molecule has 2 N–H and O–H groups in total. The van der Waals surface area contributed by atoms with Gasteiger partial charge < -0.3 is 10.6 Å². The Morgan fingerprint density at radius 2 is 2.06 bits per heavy atom. The van der Waals surface area contributed by atoms with Crippen molar-refractivity contribution in [2.75, 3.05) is 17.2 Å². The summed E-state index contributed by atoms with van der Waals surface area (Å²) in [6.07, 6.45) is 0. The molecule has 1 amide bonds. The second-order valence-corrected chi connectivity index (χ2v) is 4.06. The van der Waals surface area contributed by atoms with Crippen molar-refractivity contribution in [2.45, 2.75) is 6.92 Å². The predicted octanol–water partition coefficient (Wildman–Crippen LogP) is 1.78. The topological polar surface area (TPSA) is 59.0 Å². The number of carbonyl (C=O) groups is 1. The Hall–Kier alpha value is -2.30. The zero-order valence-corrected chi connectivity index (χ0v) is 10.5. The summed E-state index contributed by atoms with van der Waals surface area (Å²) in [4.78, 5) is 11.7. The minimum Gasteiger partial charge on any atom is -0.376 e. The van der Waals surface area contributed by atoms with Gasteiger partial charge in [-0.3, -0.25) is 9.48 Å². The summed E-state index contributed by atoms with van der Waals surface area (Å²) in [5.74, 6) is 0.606. The second-order valence-electron chi connectivity index (χ2n) is 4.06. The monoisotopic (exact) mass is 244 g/mol. The van der Waals surface area contributed by atoms with Crippen LogP contribution in [-0.2, 0) is 11.8 Å². The predicted molar refractivity (Wildman–Crippen MR) is 71.5 cm³/mol. The largest absolute Gasteiger partial charge is 0.376 e. The van der Waals surface area contributed by atoms with Gasteiger partial charge in [-0.2, -0.15) is 5.10 Å². The highest BCUT2D eigenvalue weighted by molar-refractivity contribution is 5.93. The Labute approximate surface area is 106 Å². The van der Waals surface area contributed by atoms with Crippen molar-refractivity contribution in [3.63, 3.8) is 0 Å². The molecule has 0 atom stereocenters. The number of amides is 1. The van der Waals surface area contributed by atoms with E-state index >= 15 is 0 Å². The minimum absolute atomic E-state index is 0.0955. The van der Waals surface area contributed by atoms with Gasteiger partial charge in [0.15, 0.2) is 0 Å². The van der Waals surface area contributed by atoms with E-state index in [0.717, 1.165) is 11.4 Å². The van der Waals surface area contributed by atoms with E-state index in [1.165, 1.54) is 0 Å². The van der Waals surface area contributed by atoms with Crippen LogP contribution >= 0.6 is 0 Å². The number of benzene rings is 1. The van der Waals surface area contributed by atoms with Gasteiger partial charge in [0.2, 0.25) is 5.91 Å². The highest BCUT2D eigenvalue weighted by atomic mass is 16.2. The number of rotatable bonds is 4. The molecule has 18 heavy (non-hydrogen) atoms. The van der Waals surface area contributed by atoms with Crippen molar-refractivity contribution < 1.29 is 4.79 Å². The summed E-state index contributed by atoms with van der Waals surface area (Å²) >= 11 is 0. The first-order valence-corrected chi connectivity index (χ1v) is 5.74. The van der Waals surface area contributed by atoms with Crippen LogP contribution in [0.3, 0.4) is 0 Å². The van der Waals surface area contributed by atoms with Gasteiger partial charge in [0, 0.05) is 18.8 Å². The number of anilines is 2. The van der Waals surface area contributed by atoms with E-state index in [0.29, 0.717) is 5.82 Å². The van der Waals surface area contributed by atoms with Crippen molar-refractivity contribution in [3.05, 3.63) is 42.1 Å². The summed E-state index contributed by atoms with van der Waals surface area (Å²) in [6, 6.07) is 11.4. The van der Waals surface area contributed by atoms with Gasteiger partial charge in [0.1, 0.15) is 5.82 Å². The fraction of sp³-hybridized carbons (Fsp3) is 0.231. The molecule has 0 aliphatic heterocycles. The summed E-state index contributed by atoms with van der Waals surface area (Å²) in [5.41, 5.74) is 1.80. The van der Waals surface area contributed by atoms with Gasteiger partial charge in [-0.1, -0.05) is 18.2 Å². The lowest BCUT2D eigenvalue weighted by Crippen LogP contribution is -2.22. The van der Waals surface area contributed by atoms with Crippen LogP contribution in [0.2, 0.25) is 0 Å². The van der Waals surface area contributed by atoms with Crippen LogP contribution in [0, 0.1) is 6.92 Å². The Kier molecular flexibility index (Phi) is 3.62. The summed E-state index contributed by atoms with van der Waals surface area (Å²) in [6.45, 7) is 2.12. The number of nitrogens with zero attached hydrogens (tertiary/aromatic N) is 2. The van der Waals surface area contributed by atoms with Crippen molar-refractivity contribution in [1.29, 1.82) is 0 Å². The molecule has 2 rings (SSSR count). The van der Waals surface area contributed by atoms with Crippen molar-refractivity contribution >= 4 is 17.4 Å². The lowest BCUT2D eigenvalue weighted by molar-refractivity contribution is -0.114. The highest BCUT2D eigenvalue weighted by Crippen LogP contribution is 2.08. The normalized spacial score (nSPS) is 10.1. The number of carbonyl (C=O) groups excluding carboxylic acids is 1. The molecule has 1 heterocycles. The molecular weight excluding hydrogens is 228 g/mol. The first-order chi connectivity index (χ1) is 8.65. The molecule has 94 valence electrons. The van der Waals surface area contributed by atoms with Crippen LogP contribution in [-0.4, -0.2) is 22.2 Å². The molecule has 0 aliphatic carbocycles. The molecule has 1 aromatic carbocycles. The fourth-order valence-electron chi connectivity index (χ4n) is 1.65. The number of hydrogen-bond acceptors (Lipinski definition) is 3. The third kappa shape index (κ3) is 3.10. The van der Waals surface area contributed by atoms with Crippen LogP contribution < -0.4 is 10.6 Å². The van der Waals surface area contributed by atoms with Gasteiger partial charge in [0.25, 0.3) is 0 Å². The third-order valence-electron chi connectivity index (χ3n) is 2.50. The first-order valence-electron chi connectivity index (χ1n) is 5.74. The van der Waals surface area contributed by atoms with E-state index < -0.39 is 0 Å². The number of aromatic nitrogens is 2. The average Bonchev–Trinajstić information content (AvgIpc) is 2.67. The third-order valence-corrected chi connectivity index (χ3v) is 2.50. The highest BCUT2D eigenvalue weighted by Gasteiger charge is 2.06. The molecule has 5 heteroatoms. The molecule has 0 saturated carbocycles. The quantitative estimate of drug-likeness (QED) is 0.862. The minimum atomic E-state index is -0.0955. The van der Waals surface area contributed by atoms with Gasteiger partial charge in [0.05, 0.1) is 12.2 Å². The molecule has 0 unspecified atom stereocenters. The standard InChI is InChI=1S/C13H16N4O/c1-10-8-12(17(2)16-10)15-13(18)9-14-11-6-4-3-5-7-11/h3-8,14H,9H2,1-2H3,(H,15,18). The van der Waals surface area contributed by atoms with Crippen LogP contribution in [0.5, 0.6) is 0 Å². The molecule has 0 saturated heterocycles. The molecule has 0 bridgehead atoms. The van der Waals surface area contributed by atoms with E-state index in [1.807, 2.05) is 43.3 Å². The van der Waals surface area contributed by atoms with Crippen LogP contribution in [0.25, 0.3) is 0 Å². The first kappa shape index (κ1) is 12.2. The Morgan fingerprint density at radius 3 is 2.67 bits per heavy atom. The summed E-state index contributed by atoms with van der Waals surface area (Å²) in [5, 5.41) is 10.0. The van der Waals surface area contributed by atoms with Crippen LogP contribution in [0.15, 0.2) is 36.4 Å². The molecule has 5 nitrogen and oxygen atoms in total. The number of para-hydroxylation sites is 1. The number of nitrogens with one attached hydrogen (secondary N) is 2. The number of aryl methyl sites for hydroxylation is 2. The Bertz CT molecular complexity index is 533. The van der Waals surface area contributed by atoms with Gasteiger partial charge >= 0.3 is 0 Å². The molecule has 0 fully saturated rings. The van der Waals surface area contributed by atoms with Crippen molar-refractivity contribution in [3.8, 4) is 0 Å². The summed E-state index contributed by atoms with van der Waals surface area (Å²) in [7, 11) is 1.80. The molecule has 0 aliphatic rings. The summed E-state index contributed by atoms with van der Waals surface area (Å²) < 4.78 is 1.65. The van der Waals surface area contributed by atoms with E-state index in [1.54, 1.807) is 11.7 Å². The van der Waals surface area contributed by atoms with Gasteiger partial charge in [-0.05, 0) is 19.1 Å². The zero-order chi connectivity index (χ0) is 13.0. The smallest absolute Gasteiger partial charge is 0.244 e. The molecular formula is C13H16N4O. The van der Waals surface area contributed by atoms with Crippen LogP contribution in [0.1, 0.15) is 5.69 Å². The molecule has 0 radical (unpaired) electrons. The van der Waals surface area contributed by atoms with E-state index in [4.69, 9.17) is 0 Å². The Balaban J connectivity index is 1.88. The maximum atomic E-state index is 11.7. The SMILES string of the molecule is Cc1cc(NC(=O)CNc2ccccc2)n(C)n1. The van der Waals surface area contributed by atoms with Crippen molar-refractivity contribution in [2.24, 2.45) is 7.05 Å². The second kappa shape index (κ2) is 5.35. The fourth-order valence-corrected chi connectivity index (χ4v) is 1.65. The number of hydrogen-bond donors (Lipinski definition) is 2. The van der Waals surface area contributed by atoms with E-state index in [-0.39, 0.29) is 12.5 Å². The lowest BCUT2D eigenvalue weighted by Gasteiger charge is -2.07. The van der Waals surface area contributed by atoms with Crippen LogP contribution in [0.4, 0.5) is 11.5 Å². The maximum absolute atomic E-state index is 11.7.